The van der Waals surface area contributed by atoms with Gasteiger partial charge < -0.3 is 5.32 Å². The average Bonchev–Trinajstić information content (AvgIpc) is 3.07. The minimum absolute atomic E-state index is 0.0685. The highest BCUT2D eigenvalue weighted by Gasteiger charge is 2.40. The van der Waals surface area contributed by atoms with Crippen LogP contribution < -0.4 is 5.32 Å². The minimum atomic E-state index is -2.57. The molecule has 1 aliphatic carbocycles. The van der Waals surface area contributed by atoms with Gasteiger partial charge in [0.25, 0.3) is 0 Å². The molecule has 0 spiro atoms. The highest BCUT2D eigenvalue weighted by molar-refractivity contribution is 6.28. The van der Waals surface area contributed by atoms with E-state index in [9.17, 15) is 8.78 Å². The second-order valence-corrected chi connectivity index (χ2v) is 5.18. The Balaban J connectivity index is 0.000000847. The number of halogens is 3. The molecule has 3 rings (SSSR count). The molecule has 2 heterocycles. The van der Waals surface area contributed by atoms with Gasteiger partial charge >= 0.3 is 0 Å². The number of hydrogen-bond donors (Lipinski definition) is 2. The van der Waals surface area contributed by atoms with Gasteiger partial charge in [-0.3, -0.25) is 5.10 Å². The van der Waals surface area contributed by atoms with Crippen molar-refractivity contribution in [3.8, 4) is 0 Å². The summed E-state index contributed by atoms with van der Waals surface area (Å²) in [5.74, 6) is -1.73. The molecule has 1 saturated carbocycles. The summed E-state index contributed by atoms with van der Waals surface area (Å²) in [5.41, 5.74) is 0.713. The lowest BCUT2D eigenvalue weighted by Crippen LogP contribution is -2.09. The second-order valence-electron chi connectivity index (χ2n) is 4.84. The van der Waals surface area contributed by atoms with Crippen LogP contribution in [-0.2, 0) is 0 Å². The van der Waals surface area contributed by atoms with Crippen LogP contribution in [0.15, 0.2) is 18.3 Å². The summed E-state index contributed by atoms with van der Waals surface area (Å²) in [6.07, 6.45) is 1.78. The third-order valence-electron chi connectivity index (χ3n) is 3.32. The van der Waals surface area contributed by atoms with Gasteiger partial charge in [0.05, 0.1) is 0 Å². The molecule has 2 aromatic heterocycles. The molecule has 1 fully saturated rings. The van der Waals surface area contributed by atoms with Crippen LogP contribution >= 0.6 is 11.6 Å². The summed E-state index contributed by atoms with van der Waals surface area (Å²) in [6, 6.07) is 3.37. The van der Waals surface area contributed by atoms with Gasteiger partial charge in [-0.1, -0.05) is 13.8 Å². The lowest BCUT2D eigenvalue weighted by Gasteiger charge is -2.07. The summed E-state index contributed by atoms with van der Waals surface area (Å²) in [4.78, 5) is 7.74. The Bertz CT molecular complexity index is 617. The first kappa shape index (κ1) is 16.6. The molecular formula is C14H18ClF2N5. The number of aromatic amines is 1. The zero-order valence-electron chi connectivity index (χ0n) is 12.4. The molecule has 1 unspecified atom stereocenters. The average molecular weight is 330 g/mol. The van der Waals surface area contributed by atoms with E-state index >= 15 is 0 Å². The van der Waals surface area contributed by atoms with Crippen molar-refractivity contribution in [2.24, 2.45) is 0 Å². The molecule has 120 valence electrons. The highest BCUT2D eigenvalue weighted by atomic mass is 35.5. The van der Waals surface area contributed by atoms with E-state index in [0.29, 0.717) is 23.8 Å². The SMILES string of the molecule is CC.FC1(F)CCC(c2cc(Nc3ccnc(Cl)n3)n[nH]2)C1. The molecule has 0 aromatic carbocycles. The highest BCUT2D eigenvalue weighted by Crippen LogP contribution is 2.43. The van der Waals surface area contributed by atoms with Crippen LogP contribution in [0.25, 0.3) is 0 Å². The van der Waals surface area contributed by atoms with Crippen molar-refractivity contribution in [2.75, 3.05) is 5.32 Å². The first-order valence-corrected chi connectivity index (χ1v) is 7.58. The molecule has 8 heteroatoms. The van der Waals surface area contributed by atoms with Gasteiger partial charge in [0, 0.05) is 36.7 Å². The van der Waals surface area contributed by atoms with E-state index in [1.165, 1.54) is 6.20 Å². The molecule has 5 nitrogen and oxygen atoms in total. The number of nitrogens with one attached hydrogen (secondary N) is 2. The van der Waals surface area contributed by atoms with Crippen molar-refractivity contribution in [3.63, 3.8) is 0 Å². The van der Waals surface area contributed by atoms with Crippen molar-refractivity contribution in [3.05, 3.63) is 29.3 Å². The number of aromatic nitrogens is 4. The van der Waals surface area contributed by atoms with E-state index in [2.05, 4.69) is 25.5 Å². The monoisotopic (exact) mass is 329 g/mol. The van der Waals surface area contributed by atoms with Crippen LogP contribution in [0.3, 0.4) is 0 Å². The number of rotatable bonds is 3. The third-order valence-corrected chi connectivity index (χ3v) is 3.51. The van der Waals surface area contributed by atoms with Crippen LogP contribution in [-0.4, -0.2) is 26.1 Å². The number of H-pyrrole nitrogens is 1. The Labute approximate surface area is 132 Å². The summed E-state index contributed by atoms with van der Waals surface area (Å²) < 4.78 is 26.4. The maximum atomic E-state index is 13.2. The molecule has 1 atom stereocenters. The predicted octanol–water partition coefficient (Wildman–Crippen LogP) is 4.53. The molecule has 2 aromatic rings. The standard InChI is InChI=1S/C12H12ClF2N5.C2H6/c13-11-16-4-2-9(18-11)17-10-5-8(19-20-10)7-1-3-12(14,15)6-7;1-2/h2,4-5,7H,1,3,6H2,(H2,16,17,18,19,20);1-2H3. The fourth-order valence-corrected chi connectivity index (χ4v) is 2.51. The predicted molar refractivity (Wildman–Crippen MR) is 81.8 cm³/mol. The quantitative estimate of drug-likeness (QED) is 0.812. The second kappa shape index (κ2) is 7.00. The normalized spacial score (nSPS) is 19.4. The Kier molecular flexibility index (Phi) is 5.28. The number of hydrogen-bond acceptors (Lipinski definition) is 4. The molecule has 0 aliphatic heterocycles. The summed E-state index contributed by atoms with van der Waals surface area (Å²) >= 11 is 5.68. The van der Waals surface area contributed by atoms with E-state index in [-0.39, 0.29) is 24.0 Å². The van der Waals surface area contributed by atoms with Crippen LogP contribution in [0, 0.1) is 0 Å². The number of nitrogens with zero attached hydrogens (tertiary/aromatic N) is 3. The number of alkyl halides is 2. The van der Waals surface area contributed by atoms with Gasteiger partial charge in [0.1, 0.15) is 5.82 Å². The van der Waals surface area contributed by atoms with E-state index in [1.807, 2.05) is 13.8 Å². The first-order valence-electron chi connectivity index (χ1n) is 7.20. The Hall–Kier alpha value is -1.76. The van der Waals surface area contributed by atoms with E-state index in [0.717, 1.165) is 0 Å². The zero-order valence-corrected chi connectivity index (χ0v) is 13.2. The molecule has 0 radical (unpaired) electrons. The van der Waals surface area contributed by atoms with Crippen LogP contribution in [0.5, 0.6) is 0 Å². The van der Waals surface area contributed by atoms with Crippen molar-refractivity contribution < 1.29 is 8.78 Å². The molecule has 22 heavy (non-hydrogen) atoms. The minimum Gasteiger partial charge on any atom is -0.323 e. The topological polar surface area (TPSA) is 66.5 Å². The molecule has 0 amide bonds. The van der Waals surface area contributed by atoms with Gasteiger partial charge in [0.15, 0.2) is 5.82 Å². The summed E-state index contributed by atoms with van der Waals surface area (Å²) in [5, 5.41) is 9.92. The molecule has 2 N–H and O–H groups in total. The van der Waals surface area contributed by atoms with Gasteiger partial charge in [0.2, 0.25) is 11.2 Å². The zero-order chi connectivity index (χ0) is 16.2. The molecule has 1 aliphatic rings. The molecule has 0 bridgehead atoms. The Morgan fingerprint density at radius 2 is 2.14 bits per heavy atom. The lowest BCUT2D eigenvalue weighted by molar-refractivity contribution is 0.00766. The fourth-order valence-electron chi connectivity index (χ4n) is 2.36. The van der Waals surface area contributed by atoms with Crippen molar-refractivity contribution in [1.82, 2.24) is 20.2 Å². The number of anilines is 2. The van der Waals surface area contributed by atoms with Crippen LogP contribution in [0.1, 0.15) is 44.7 Å². The van der Waals surface area contributed by atoms with Gasteiger partial charge in [-0.05, 0) is 24.1 Å². The molecular weight excluding hydrogens is 312 g/mol. The van der Waals surface area contributed by atoms with Gasteiger partial charge in [-0.2, -0.15) is 5.10 Å². The summed E-state index contributed by atoms with van der Waals surface area (Å²) in [7, 11) is 0. The lowest BCUT2D eigenvalue weighted by atomic mass is 10.0. The van der Waals surface area contributed by atoms with Crippen molar-refractivity contribution in [1.29, 1.82) is 0 Å². The first-order chi connectivity index (χ1) is 10.5. The Morgan fingerprint density at radius 1 is 1.36 bits per heavy atom. The fraction of sp³-hybridized carbons (Fsp3) is 0.500. The van der Waals surface area contributed by atoms with E-state index in [4.69, 9.17) is 11.6 Å². The summed E-state index contributed by atoms with van der Waals surface area (Å²) in [6.45, 7) is 4.00. The smallest absolute Gasteiger partial charge is 0.248 e. The van der Waals surface area contributed by atoms with E-state index in [1.54, 1.807) is 12.1 Å². The van der Waals surface area contributed by atoms with Gasteiger partial charge in [-0.15, -0.1) is 0 Å². The van der Waals surface area contributed by atoms with Crippen LogP contribution in [0.2, 0.25) is 5.28 Å². The maximum Gasteiger partial charge on any atom is 0.248 e. The largest absolute Gasteiger partial charge is 0.323 e. The van der Waals surface area contributed by atoms with Crippen molar-refractivity contribution >= 4 is 23.2 Å². The van der Waals surface area contributed by atoms with Crippen molar-refractivity contribution in [2.45, 2.75) is 45.0 Å². The maximum absolute atomic E-state index is 13.2. The van der Waals surface area contributed by atoms with Gasteiger partial charge in [-0.25, -0.2) is 18.7 Å². The molecule has 0 saturated heterocycles. The third kappa shape index (κ3) is 4.13. The Morgan fingerprint density at radius 3 is 2.77 bits per heavy atom. The van der Waals surface area contributed by atoms with Crippen LogP contribution in [0.4, 0.5) is 20.4 Å². The van der Waals surface area contributed by atoms with E-state index < -0.39 is 5.92 Å².